The number of hydrogen-bond donors (Lipinski definition) is 3. The number of nitrogens with one attached hydrogen (secondary N) is 1. The van der Waals surface area contributed by atoms with Crippen LogP contribution in [0, 0.1) is 6.92 Å². The van der Waals surface area contributed by atoms with Gasteiger partial charge in [0, 0.05) is 23.9 Å². The van der Waals surface area contributed by atoms with Crippen LogP contribution < -0.4 is 11.1 Å². The molecule has 0 saturated carbocycles. The zero-order valence-electron chi connectivity index (χ0n) is 13.8. The summed E-state index contributed by atoms with van der Waals surface area (Å²) in [6, 6.07) is 13.9. The number of carboxylic acids is 1. The van der Waals surface area contributed by atoms with Gasteiger partial charge >= 0.3 is 5.97 Å². The standard InChI is InChI=1S/C20H22N2O2/c1-12-2-7-15-16(10-12)18(20(21)8-9-22-11-17(15)20)13-3-5-14(6-4-13)19(23)24/h2-7,10,17-18,22H,8-9,11,21H2,1H3,(H,23,24)/t17-,18-,20+/m1/s1. The minimum atomic E-state index is -0.897. The number of benzene rings is 2. The molecule has 4 nitrogen and oxygen atoms in total. The Balaban J connectivity index is 1.86. The van der Waals surface area contributed by atoms with Crippen molar-refractivity contribution in [2.24, 2.45) is 5.73 Å². The summed E-state index contributed by atoms with van der Waals surface area (Å²) in [5.41, 5.74) is 12.0. The Morgan fingerprint density at radius 1 is 1.21 bits per heavy atom. The van der Waals surface area contributed by atoms with Gasteiger partial charge in [-0.15, -0.1) is 0 Å². The van der Waals surface area contributed by atoms with Gasteiger partial charge in [-0.1, -0.05) is 35.9 Å². The van der Waals surface area contributed by atoms with Crippen molar-refractivity contribution in [1.29, 1.82) is 0 Å². The number of aryl methyl sites for hydroxylation is 1. The van der Waals surface area contributed by atoms with Crippen molar-refractivity contribution < 1.29 is 9.90 Å². The lowest BCUT2D eigenvalue weighted by atomic mass is 9.72. The lowest BCUT2D eigenvalue weighted by molar-refractivity contribution is 0.0697. The maximum atomic E-state index is 11.1. The van der Waals surface area contributed by atoms with Crippen LogP contribution in [0.4, 0.5) is 0 Å². The highest BCUT2D eigenvalue weighted by Gasteiger charge is 2.52. The summed E-state index contributed by atoms with van der Waals surface area (Å²) in [7, 11) is 0. The Hall–Kier alpha value is -2.17. The summed E-state index contributed by atoms with van der Waals surface area (Å²) in [6.45, 7) is 3.92. The first-order valence-corrected chi connectivity index (χ1v) is 8.44. The SMILES string of the molecule is Cc1ccc2c(c1)[C@@H](c1ccc(C(=O)O)cc1)[C@]1(N)CCNC[C@H]21. The normalized spacial score (nSPS) is 28.2. The number of carboxylic acid groups (broad SMARTS) is 1. The van der Waals surface area contributed by atoms with Crippen LogP contribution in [0.3, 0.4) is 0 Å². The first kappa shape index (κ1) is 15.4. The maximum Gasteiger partial charge on any atom is 0.335 e. The summed E-state index contributed by atoms with van der Waals surface area (Å²) in [6.07, 6.45) is 0.913. The van der Waals surface area contributed by atoms with Crippen LogP contribution in [0.2, 0.25) is 0 Å². The molecule has 1 heterocycles. The van der Waals surface area contributed by atoms with Crippen LogP contribution in [0.5, 0.6) is 0 Å². The zero-order valence-corrected chi connectivity index (χ0v) is 13.8. The van der Waals surface area contributed by atoms with Crippen LogP contribution in [0.25, 0.3) is 0 Å². The molecule has 1 fully saturated rings. The highest BCUT2D eigenvalue weighted by atomic mass is 16.4. The first-order chi connectivity index (χ1) is 11.5. The largest absolute Gasteiger partial charge is 0.478 e. The molecule has 1 aliphatic carbocycles. The lowest BCUT2D eigenvalue weighted by Gasteiger charge is -2.41. The van der Waals surface area contributed by atoms with Gasteiger partial charge in [-0.3, -0.25) is 0 Å². The van der Waals surface area contributed by atoms with Gasteiger partial charge in [-0.05, 0) is 48.7 Å². The van der Waals surface area contributed by atoms with Crippen molar-refractivity contribution in [2.75, 3.05) is 13.1 Å². The van der Waals surface area contributed by atoms with Gasteiger partial charge in [0.1, 0.15) is 0 Å². The second-order valence-electron chi connectivity index (χ2n) is 7.11. The second-order valence-corrected chi connectivity index (χ2v) is 7.11. The molecular formula is C20H22N2O2. The molecule has 124 valence electrons. The van der Waals surface area contributed by atoms with E-state index in [-0.39, 0.29) is 11.5 Å². The van der Waals surface area contributed by atoms with Crippen molar-refractivity contribution in [2.45, 2.75) is 30.7 Å². The van der Waals surface area contributed by atoms with Crippen LogP contribution >= 0.6 is 0 Å². The molecule has 0 bridgehead atoms. The topological polar surface area (TPSA) is 75.3 Å². The van der Waals surface area contributed by atoms with Gasteiger partial charge in [0.05, 0.1) is 5.56 Å². The van der Waals surface area contributed by atoms with E-state index in [0.29, 0.717) is 11.5 Å². The first-order valence-electron chi connectivity index (χ1n) is 8.44. The van der Waals surface area contributed by atoms with Crippen LogP contribution in [0.1, 0.15) is 50.9 Å². The fourth-order valence-electron chi connectivity index (χ4n) is 4.52. The van der Waals surface area contributed by atoms with Gasteiger partial charge in [0.15, 0.2) is 0 Å². The minimum absolute atomic E-state index is 0.113. The van der Waals surface area contributed by atoms with E-state index in [1.54, 1.807) is 12.1 Å². The number of nitrogens with two attached hydrogens (primary N) is 1. The van der Waals surface area contributed by atoms with E-state index in [2.05, 4.69) is 30.4 Å². The van der Waals surface area contributed by atoms with Crippen LogP contribution in [0.15, 0.2) is 42.5 Å². The molecular weight excluding hydrogens is 300 g/mol. The summed E-state index contributed by atoms with van der Waals surface area (Å²) in [5, 5.41) is 12.6. The van der Waals surface area contributed by atoms with Crippen LogP contribution in [-0.2, 0) is 0 Å². The Bertz CT molecular complexity index is 800. The maximum absolute atomic E-state index is 11.1. The Morgan fingerprint density at radius 2 is 1.96 bits per heavy atom. The average molecular weight is 322 g/mol. The fourth-order valence-corrected chi connectivity index (χ4v) is 4.52. The van der Waals surface area contributed by atoms with Crippen molar-refractivity contribution in [3.8, 4) is 0 Å². The molecule has 4 rings (SSSR count). The van der Waals surface area contributed by atoms with Crippen molar-refractivity contribution in [3.63, 3.8) is 0 Å². The molecule has 4 heteroatoms. The molecule has 2 aliphatic rings. The number of aromatic carboxylic acids is 1. The molecule has 0 aromatic heterocycles. The molecule has 0 radical (unpaired) electrons. The van der Waals surface area contributed by atoms with Crippen molar-refractivity contribution in [3.05, 3.63) is 70.3 Å². The van der Waals surface area contributed by atoms with Gasteiger partial charge in [0.2, 0.25) is 0 Å². The third-order valence-electron chi connectivity index (χ3n) is 5.69. The number of hydrogen-bond acceptors (Lipinski definition) is 3. The monoisotopic (exact) mass is 322 g/mol. The number of fused-ring (bicyclic) bond motifs is 3. The quantitative estimate of drug-likeness (QED) is 0.794. The van der Waals surface area contributed by atoms with E-state index < -0.39 is 5.97 Å². The molecule has 1 aliphatic heterocycles. The lowest BCUT2D eigenvalue weighted by Crippen LogP contribution is -2.55. The number of piperidine rings is 1. The Kier molecular flexibility index (Phi) is 3.48. The van der Waals surface area contributed by atoms with E-state index in [4.69, 9.17) is 10.8 Å². The second kappa shape index (κ2) is 5.43. The predicted octanol–water partition coefficient (Wildman–Crippen LogP) is 2.61. The highest BCUT2D eigenvalue weighted by molar-refractivity contribution is 5.87. The molecule has 24 heavy (non-hydrogen) atoms. The number of carbonyl (C=O) groups is 1. The molecule has 0 spiro atoms. The van der Waals surface area contributed by atoms with Crippen LogP contribution in [-0.4, -0.2) is 29.7 Å². The van der Waals surface area contributed by atoms with Gasteiger partial charge in [-0.25, -0.2) is 4.79 Å². The zero-order chi connectivity index (χ0) is 16.9. The molecule has 0 unspecified atom stereocenters. The Morgan fingerprint density at radius 3 is 2.67 bits per heavy atom. The van der Waals surface area contributed by atoms with Gasteiger partial charge in [-0.2, -0.15) is 0 Å². The summed E-state index contributed by atoms with van der Waals surface area (Å²) < 4.78 is 0. The Labute approximate surface area is 141 Å². The molecule has 2 aromatic carbocycles. The molecule has 2 aromatic rings. The average Bonchev–Trinajstić information content (AvgIpc) is 2.82. The predicted molar refractivity (Wildman–Crippen MR) is 93.6 cm³/mol. The molecule has 4 N–H and O–H groups in total. The third-order valence-corrected chi connectivity index (χ3v) is 5.69. The summed E-state index contributed by atoms with van der Waals surface area (Å²) in [4.78, 5) is 11.1. The molecule has 3 atom stereocenters. The third kappa shape index (κ3) is 2.18. The highest BCUT2D eigenvalue weighted by Crippen LogP contribution is 2.53. The molecule has 0 amide bonds. The van der Waals surface area contributed by atoms with E-state index in [0.717, 1.165) is 25.1 Å². The fraction of sp³-hybridized carbons (Fsp3) is 0.350. The summed E-state index contributed by atoms with van der Waals surface area (Å²) >= 11 is 0. The van der Waals surface area contributed by atoms with Gasteiger partial charge < -0.3 is 16.2 Å². The van der Waals surface area contributed by atoms with E-state index in [1.807, 2.05) is 12.1 Å². The smallest absolute Gasteiger partial charge is 0.335 e. The number of rotatable bonds is 2. The summed E-state index contributed by atoms with van der Waals surface area (Å²) in [5.74, 6) is -0.486. The van der Waals surface area contributed by atoms with E-state index >= 15 is 0 Å². The van der Waals surface area contributed by atoms with E-state index in [1.165, 1.54) is 16.7 Å². The minimum Gasteiger partial charge on any atom is -0.478 e. The van der Waals surface area contributed by atoms with Crippen molar-refractivity contribution in [1.82, 2.24) is 5.32 Å². The van der Waals surface area contributed by atoms with Gasteiger partial charge in [0.25, 0.3) is 0 Å². The molecule has 1 saturated heterocycles. The van der Waals surface area contributed by atoms with E-state index in [9.17, 15) is 4.79 Å². The van der Waals surface area contributed by atoms with Crippen molar-refractivity contribution >= 4 is 5.97 Å².